The molecular weight excluding hydrogens is 304 g/mol. The highest BCUT2D eigenvalue weighted by molar-refractivity contribution is 5.77. The SMILES string of the molecule is Cn1ccnc(N2CCCC(Nc3nc4ccccc4[nH]3)C2)c1=O. The van der Waals surface area contributed by atoms with Gasteiger partial charge in [-0.1, -0.05) is 12.1 Å². The summed E-state index contributed by atoms with van der Waals surface area (Å²) in [4.78, 5) is 26.5. The molecule has 3 heterocycles. The summed E-state index contributed by atoms with van der Waals surface area (Å²) in [6.07, 6.45) is 5.41. The van der Waals surface area contributed by atoms with Gasteiger partial charge in [-0.15, -0.1) is 0 Å². The van der Waals surface area contributed by atoms with Gasteiger partial charge in [0.2, 0.25) is 5.95 Å². The Morgan fingerprint density at radius 2 is 2.21 bits per heavy atom. The molecule has 1 aliphatic heterocycles. The molecule has 7 heteroatoms. The minimum atomic E-state index is -0.0538. The average Bonchev–Trinajstić information content (AvgIpc) is 3.00. The largest absolute Gasteiger partial charge is 0.351 e. The van der Waals surface area contributed by atoms with Gasteiger partial charge in [0.15, 0.2) is 5.82 Å². The standard InChI is InChI=1S/C17H20N6O/c1-22-10-8-18-15(16(22)24)23-9-4-5-12(11-23)19-17-20-13-6-2-3-7-14(13)21-17/h2-3,6-8,10,12H,4-5,9,11H2,1H3,(H2,19,20,21). The molecule has 7 nitrogen and oxygen atoms in total. The number of imidazole rings is 1. The first-order valence-electron chi connectivity index (χ1n) is 8.18. The number of anilines is 2. The normalized spacial score (nSPS) is 18.0. The number of nitrogens with zero attached hydrogens (tertiary/aromatic N) is 4. The van der Waals surface area contributed by atoms with Crippen molar-refractivity contribution in [2.75, 3.05) is 23.3 Å². The third-order valence-corrected chi connectivity index (χ3v) is 4.45. The minimum Gasteiger partial charge on any atom is -0.351 e. The predicted octanol–water partition coefficient (Wildman–Crippen LogP) is 1.74. The number of piperidine rings is 1. The summed E-state index contributed by atoms with van der Waals surface area (Å²) >= 11 is 0. The zero-order chi connectivity index (χ0) is 16.5. The third kappa shape index (κ3) is 2.73. The van der Waals surface area contributed by atoms with Crippen LogP contribution in [0.5, 0.6) is 0 Å². The van der Waals surface area contributed by atoms with Crippen LogP contribution >= 0.6 is 0 Å². The number of aromatic amines is 1. The fourth-order valence-corrected chi connectivity index (χ4v) is 3.20. The van der Waals surface area contributed by atoms with E-state index in [0.717, 1.165) is 42.9 Å². The van der Waals surface area contributed by atoms with E-state index in [2.05, 4.69) is 25.2 Å². The van der Waals surface area contributed by atoms with E-state index in [0.29, 0.717) is 5.82 Å². The number of hydrogen-bond acceptors (Lipinski definition) is 5. The highest BCUT2D eigenvalue weighted by Gasteiger charge is 2.23. The number of fused-ring (bicyclic) bond motifs is 1. The molecule has 4 rings (SSSR count). The highest BCUT2D eigenvalue weighted by Crippen LogP contribution is 2.19. The number of aryl methyl sites for hydroxylation is 1. The van der Waals surface area contributed by atoms with Crippen LogP contribution in [-0.4, -0.2) is 38.7 Å². The van der Waals surface area contributed by atoms with Crippen molar-refractivity contribution < 1.29 is 0 Å². The smallest absolute Gasteiger partial charge is 0.293 e. The van der Waals surface area contributed by atoms with Crippen LogP contribution < -0.4 is 15.8 Å². The van der Waals surface area contributed by atoms with Crippen molar-refractivity contribution in [1.82, 2.24) is 19.5 Å². The quantitative estimate of drug-likeness (QED) is 0.767. The van der Waals surface area contributed by atoms with Gasteiger partial charge in [-0.3, -0.25) is 4.79 Å². The molecule has 0 amide bonds. The van der Waals surface area contributed by atoms with Crippen molar-refractivity contribution in [2.24, 2.45) is 7.05 Å². The van der Waals surface area contributed by atoms with Gasteiger partial charge in [-0.05, 0) is 25.0 Å². The average molecular weight is 324 g/mol. The van der Waals surface area contributed by atoms with Crippen molar-refractivity contribution in [2.45, 2.75) is 18.9 Å². The second-order valence-electron chi connectivity index (χ2n) is 6.20. The van der Waals surface area contributed by atoms with E-state index in [-0.39, 0.29) is 11.6 Å². The molecule has 0 aliphatic carbocycles. The first kappa shape index (κ1) is 14.7. The fourth-order valence-electron chi connectivity index (χ4n) is 3.20. The molecule has 1 fully saturated rings. The number of aromatic nitrogens is 4. The van der Waals surface area contributed by atoms with Crippen LogP contribution in [-0.2, 0) is 7.05 Å². The van der Waals surface area contributed by atoms with Crippen molar-refractivity contribution in [3.63, 3.8) is 0 Å². The van der Waals surface area contributed by atoms with E-state index in [1.54, 1.807) is 24.0 Å². The van der Waals surface area contributed by atoms with E-state index >= 15 is 0 Å². The summed E-state index contributed by atoms with van der Waals surface area (Å²) in [5, 5.41) is 3.46. The zero-order valence-corrected chi connectivity index (χ0v) is 13.6. The van der Waals surface area contributed by atoms with Crippen molar-refractivity contribution in [3.05, 3.63) is 47.0 Å². The van der Waals surface area contributed by atoms with Crippen LogP contribution in [0.4, 0.5) is 11.8 Å². The van der Waals surface area contributed by atoms with E-state index in [1.807, 2.05) is 24.3 Å². The second kappa shape index (κ2) is 5.99. The number of benzene rings is 1. The van der Waals surface area contributed by atoms with Crippen LogP contribution in [0.2, 0.25) is 0 Å². The summed E-state index contributed by atoms with van der Waals surface area (Å²) in [5.74, 6) is 1.30. The van der Waals surface area contributed by atoms with Crippen LogP contribution in [0.3, 0.4) is 0 Å². The maximum absolute atomic E-state index is 12.3. The molecular formula is C17H20N6O. The van der Waals surface area contributed by atoms with Crippen molar-refractivity contribution in [3.8, 4) is 0 Å². The molecule has 124 valence electrons. The van der Waals surface area contributed by atoms with Gasteiger partial charge >= 0.3 is 0 Å². The first-order valence-corrected chi connectivity index (χ1v) is 8.18. The van der Waals surface area contributed by atoms with Gasteiger partial charge in [0.1, 0.15) is 0 Å². The molecule has 0 spiro atoms. The van der Waals surface area contributed by atoms with E-state index < -0.39 is 0 Å². The first-order chi connectivity index (χ1) is 11.7. The van der Waals surface area contributed by atoms with Crippen LogP contribution in [0.15, 0.2) is 41.5 Å². The van der Waals surface area contributed by atoms with Gasteiger partial charge in [-0.2, -0.15) is 0 Å². The molecule has 1 unspecified atom stereocenters. The lowest BCUT2D eigenvalue weighted by Crippen LogP contribution is -2.45. The summed E-state index contributed by atoms with van der Waals surface area (Å²) in [6, 6.07) is 8.20. The Morgan fingerprint density at radius 1 is 1.33 bits per heavy atom. The van der Waals surface area contributed by atoms with E-state index in [1.165, 1.54) is 0 Å². The molecule has 24 heavy (non-hydrogen) atoms. The molecule has 1 atom stereocenters. The van der Waals surface area contributed by atoms with Crippen LogP contribution in [0.25, 0.3) is 11.0 Å². The molecule has 0 radical (unpaired) electrons. The highest BCUT2D eigenvalue weighted by atomic mass is 16.1. The predicted molar refractivity (Wildman–Crippen MR) is 94.4 cm³/mol. The molecule has 1 aromatic carbocycles. The molecule has 2 N–H and O–H groups in total. The van der Waals surface area contributed by atoms with E-state index in [4.69, 9.17) is 0 Å². The third-order valence-electron chi connectivity index (χ3n) is 4.45. The summed E-state index contributed by atoms with van der Waals surface area (Å²) in [5.41, 5.74) is 1.92. The Balaban J connectivity index is 1.52. The van der Waals surface area contributed by atoms with Crippen LogP contribution in [0, 0.1) is 0 Å². The maximum atomic E-state index is 12.3. The Kier molecular flexibility index (Phi) is 3.68. The molecule has 2 aromatic heterocycles. The zero-order valence-electron chi connectivity index (χ0n) is 13.6. The molecule has 1 aliphatic rings. The maximum Gasteiger partial charge on any atom is 0.293 e. The molecule has 1 saturated heterocycles. The topological polar surface area (TPSA) is 78.8 Å². The Morgan fingerprint density at radius 3 is 3.08 bits per heavy atom. The van der Waals surface area contributed by atoms with Crippen LogP contribution in [0.1, 0.15) is 12.8 Å². The number of hydrogen-bond donors (Lipinski definition) is 2. The molecule has 0 saturated carbocycles. The summed E-state index contributed by atoms with van der Waals surface area (Å²) < 4.78 is 1.57. The molecule has 0 bridgehead atoms. The lowest BCUT2D eigenvalue weighted by atomic mass is 10.1. The lowest BCUT2D eigenvalue weighted by Gasteiger charge is -2.33. The number of rotatable bonds is 3. The monoisotopic (exact) mass is 324 g/mol. The van der Waals surface area contributed by atoms with Gasteiger partial charge < -0.3 is 19.8 Å². The van der Waals surface area contributed by atoms with Gasteiger partial charge in [0.25, 0.3) is 5.56 Å². The van der Waals surface area contributed by atoms with Crippen molar-refractivity contribution >= 4 is 22.8 Å². The van der Waals surface area contributed by atoms with Gasteiger partial charge in [-0.25, -0.2) is 9.97 Å². The summed E-state index contributed by atoms with van der Waals surface area (Å²) in [6.45, 7) is 1.59. The fraction of sp³-hybridized carbons (Fsp3) is 0.353. The van der Waals surface area contributed by atoms with Gasteiger partial charge in [0, 0.05) is 38.6 Å². The number of nitrogens with one attached hydrogen (secondary N) is 2. The van der Waals surface area contributed by atoms with E-state index in [9.17, 15) is 4.79 Å². The van der Waals surface area contributed by atoms with Crippen molar-refractivity contribution in [1.29, 1.82) is 0 Å². The second-order valence-corrected chi connectivity index (χ2v) is 6.20. The Labute approximate surface area is 139 Å². The lowest BCUT2D eigenvalue weighted by molar-refractivity contribution is 0.522. The number of H-pyrrole nitrogens is 1. The minimum absolute atomic E-state index is 0.0538. The Bertz CT molecular complexity index is 882. The summed E-state index contributed by atoms with van der Waals surface area (Å²) in [7, 11) is 1.75. The number of para-hydroxylation sites is 2. The van der Waals surface area contributed by atoms with Gasteiger partial charge in [0.05, 0.1) is 11.0 Å². The molecule has 3 aromatic rings. The Hall–Kier alpha value is -2.83.